The molecule has 1 N–H and O–H groups in total. The summed E-state index contributed by atoms with van der Waals surface area (Å²) in [5.74, 6) is 0. The number of nitrogens with one attached hydrogen (secondary N) is 1. The molecule has 4 nitrogen and oxygen atoms in total. The van der Waals surface area contributed by atoms with Crippen LogP contribution >= 0.6 is 81.6 Å². The molecule has 0 saturated carbocycles. The van der Waals surface area contributed by atoms with Gasteiger partial charge < -0.3 is 0 Å². The molecule has 1 heterocycles. The van der Waals surface area contributed by atoms with Crippen LogP contribution in [0.1, 0.15) is 0 Å². The maximum atomic E-state index is 12.2. The molecule has 0 aliphatic carbocycles. The number of nitrogens with zero attached hydrogens (tertiary/aromatic N) is 2. The van der Waals surface area contributed by atoms with Crippen molar-refractivity contribution in [3.05, 3.63) is 27.2 Å². The van der Waals surface area contributed by atoms with E-state index in [0.29, 0.717) is 22.7 Å². The van der Waals surface area contributed by atoms with Crippen LogP contribution in [-0.2, 0) is 0 Å². The Morgan fingerprint density at radius 2 is 1.70 bits per heavy atom. The summed E-state index contributed by atoms with van der Waals surface area (Å²) in [7, 11) is 0. The van der Waals surface area contributed by atoms with Crippen molar-refractivity contribution in [1.29, 1.82) is 0 Å². The van der Waals surface area contributed by atoms with Gasteiger partial charge in [-0.15, -0.1) is 0 Å². The number of hydrogen-bond donors (Lipinski definition) is 1. The van der Waals surface area contributed by atoms with Crippen molar-refractivity contribution < 1.29 is 4.79 Å². The predicted octanol–water partition coefficient (Wildman–Crippen LogP) is 5.33. The molecule has 2 amide bonds. The van der Waals surface area contributed by atoms with Crippen LogP contribution in [0, 0.1) is 0 Å². The summed E-state index contributed by atoms with van der Waals surface area (Å²) in [4.78, 5) is 13.5. The number of carbonyl (C=O) groups excluding carboxylic acids is 1. The highest BCUT2D eigenvalue weighted by Gasteiger charge is 2.37. The van der Waals surface area contributed by atoms with Gasteiger partial charge in [-0.1, -0.05) is 69.6 Å². The first-order valence-electron chi connectivity index (χ1n) is 4.94. The van der Waals surface area contributed by atoms with Crippen molar-refractivity contribution in [2.45, 2.75) is 3.12 Å². The minimum Gasteiger partial charge on any atom is -0.276 e. The highest BCUT2D eigenvalue weighted by molar-refractivity contribution is 8.03. The zero-order valence-corrected chi connectivity index (χ0v) is 14.7. The van der Waals surface area contributed by atoms with Crippen LogP contribution in [0.4, 0.5) is 10.5 Å². The second kappa shape index (κ2) is 6.34. The third-order valence-electron chi connectivity index (χ3n) is 2.25. The van der Waals surface area contributed by atoms with Crippen LogP contribution in [0.25, 0.3) is 0 Å². The van der Waals surface area contributed by atoms with Crippen LogP contribution in [0.5, 0.6) is 0 Å². The Morgan fingerprint density at radius 3 is 2.30 bits per heavy atom. The summed E-state index contributed by atoms with van der Waals surface area (Å²) in [6.07, 6.45) is 0. The summed E-state index contributed by atoms with van der Waals surface area (Å²) in [6, 6.07) is 2.51. The summed E-state index contributed by atoms with van der Waals surface area (Å²) in [5.41, 5.74) is 3.17. The van der Waals surface area contributed by atoms with E-state index in [-0.39, 0.29) is 16.7 Å². The van der Waals surface area contributed by atoms with E-state index in [1.807, 2.05) is 0 Å². The molecular weight excluding hydrogens is 411 g/mol. The Bertz CT molecular complexity index is 551. The molecule has 1 aromatic carbocycles. The lowest BCUT2D eigenvalue weighted by atomic mass is 10.3. The van der Waals surface area contributed by atoms with Crippen molar-refractivity contribution in [3.8, 4) is 0 Å². The van der Waals surface area contributed by atoms with Gasteiger partial charge in [0.15, 0.2) is 0 Å². The van der Waals surface area contributed by atoms with Gasteiger partial charge in [-0.05, 0) is 12.1 Å². The molecule has 0 aromatic heterocycles. The normalized spacial score (nSPS) is 16.2. The number of hydrazine groups is 1. The van der Waals surface area contributed by atoms with Crippen molar-refractivity contribution in [2.24, 2.45) is 0 Å². The molecule has 1 saturated heterocycles. The molecule has 2 rings (SSSR count). The molecule has 0 atom stereocenters. The first-order valence-corrected chi connectivity index (χ1v) is 7.98. The summed E-state index contributed by atoms with van der Waals surface area (Å²) in [5, 5.41) is 0.870. The van der Waals surface area contributed by atoms with Crippen molar-refractivity contribution in [1.82, 2.24) is 9.84 Å². The fraction of sp³-hybridized carbons (Fsp3) is 0.222. The predicted molar refractivity (Wildman–Crippen MR) is 87.1 cm³/mol. The molecule has 1 aliphatic rings. The molecule has 1 aromatic rings. The highest BCUT2D eigenvalue weighted by Crippen LogP contribution is 2.42. The zero-order chi connectivity index (χ0) is 15.1. The number of benzene rings is 1. The molecule has 0 bridgehead atoms. The minimum absolute atomic E-state index is 0.157. The average molecular weight is 416 g/mol. The minimum atomic E-state index is -1.67. The van der Waals surface area contributed by atoms with E-state index < -0.39 is 9.16 Å². The first-order chi connectivity index (χ1) is 9.19. The van der Waals surface area contributed by atoms with E-state index in [9.17, 15) is 4.79 Å². The highest BCUT2D eigenvalue weighted by atomic mass is 35.6. The van der Waals surface area contributed by atoms with E-state index in [4.69, 9.17) is 69.6 Å². The van der Waals surface area contributed by atoms with E-state index in [1.54, 1.807) is 0 Å². The fourth-order valence-electron chi connectivity index (χ4n) is 1.46. The van der Waals surface area contributed by atoms with Gasteiger partial charge in [0, 0.05) is 11.9 Å². The van der Waals surface area contributed by atoms with E-state index in [0.717, 1.165) is 4.41 Å². The van der Waals surface area contributed by atoms with E-state index >= 15 is 0 Å². The lowest BCUT2D eigenvalue weighted by Gasteiger charge is -2.20. The lowest BCUT2D eigenvalue weighted by Crippen LogP contribution is -2.31. The third kappa shape index (κ3) is 3.84. The monoisotopic (exact) mass is 413 g/mol. The van der Waals surface area contributed by atoms with Crippen LogP contribution in [0.2, 0.25) is 15.1 Å². The van der Waals surface area contributed by atoms with Gasteiger partial charge in [-0.3, -0.25) is 4.90 Å². The zero-order valence-electron chi connectivity index (χ0n) is 9.34. The molecule has 110 valence electrons. The van der Waals surface area contributed by atoms with Crippen LogP contribution in [0.3, 0.4) is 0 Å². The Hall–Kier alpha value is 0.540. The second-order valence-electron chi connectivity index (χ2n) is 3.58. The summed E-state index contributed by atoms with van der Waals surface area (Å²) in [6.45, 7) is 0.157. The number of amides is 2. The molecule has 1 aliphatic heterocycles. The molecule has 20 heavy (non-hydrogen) atoms. The number of carbonyl (C=O) groups is 1. The maximum Gasteiger partial charge on any atom is 0.350 e. The van der Waals surface area contributed by atoms with Crippen molar-refractivity contribution >= 4 is 93.3 Å². The Balaban J connectivity index is 2.24. The third-order valence-corrected chi connectivity index (χ3v) is 4.57. The molecule has 0 spiro atoms. The Morgan fingerprint density at radius 1 is 1.10 bits per heavy atom. The van der Waals surface area contributed by atoms with Gasteiger partial charge in [-0.25, -0.2) is 4.79 Å². The van der Waals surface area contributed by atoms with Gasteiger partial charge in [0.1, 0.15) is 0 Å². The number of rotatable bonds is 2. The number of alkyl halides is 3. The first kappa shape index (κ1) is 16.9. The van der Waals surface area contributed by atoms with E-state index in [2.05, 4.69) is 5.43 Å². The maximum absolute atomic E-state index is 12.2. The van der Waals surface area contributed by atoms with Gasteiger partial charge in [-0.2, -0.15) is 9.84 Å². The molecule has 0 radical (unpaired) electrons. The van der Waals surface area contributed by atoms with Crippen molar-refractivity contribution in [2.75, 3.05) is 11.6 Å². The average Bonchev–Trinajstić information content (AvgIpc) is 2.64. The number of anilines is 1. The second-order valence-corrected chi connectivity index (χ2v) is 8.91. The topological polar surface area (TPSA) is 35.6 Å². The fourth-order valence-corrected chi connectivity index (χ4v) is 3.23. The van der Waals surface area contributed by atoms with Crippen LogP contribution in [-0.4, -0.2) is 20.2 Å². The lowest BCUT2D eigenvalue weighted by molar-refractivity contribution is 0.236. The smallest absolute Gasteiger partial charge is 0.276 e. The molecular formula is C9H5Cl6N3OS. The summed E-state index contributed by atoms with van der Waals surface area (Å²) < 4.78 is -0.564. The Labute approximate surface area is 149 Å². The van der Waals surface area contributed by atoms with Gasteiger partial charge in [0.2, 0.25) is 0 Å². The standard InChI is InChI=1S/C9H5Cl6N3OS/c10-4-1-6(12)7(2-5(4)11)17-3-16-18(8(17)19)20-9(13,14)15/h1-2,16H,3H2. The van der Waals surface area contributed by atoms with Crippen LogP contribution < -0.4 is 10.3 Å². The molecule has 0 unspecified atom stereocenters. The van der Waals surface area contributed by atoms with Crippen LogP contribution in [0.15, 0.2) is 12.1 Å². The largest absolute Gasteiger partial charge is 0.350 e. The van der Waals surface area contributed by atoms with Gasteiger partial charge in [0.25, 0.3) is 3.12 Å². The number of halogens is 6. The van der Waals surface area contributed by atoms with Gasteiger partial charge >= 0.3 is 6.03 Å². The van der Waals surface area contributed by atoms with Gasteiger partial charge in [0.05, 0.1) is 27.4 Å². The van der Waals surface area contributed by atoms with Crippen molar-refractivity contribution in [3.63, 3.8) is 0 Å². The summed E-state index contributed by atoms with van der Waals surface area (Å²) >= 11 is 35.4. The molecule has 1 fully saturated rings. The number of hydrogen-bond acceptors (Lipinski definition) is 3. The Kier molecular flexibility index (Phi) is 5.36. The van der Waals surface area contributed by atoms with E-state index in [1.165, 1.54) is 17.0 Å². The SMILES string of the molecule is O=C1N(SC(Cl)(Cl)Cl)NCN1c1cc(Cl)c(Cl)cc1Cl. The quantitative estimate of drug-likeness (QED) is 0.403. The number of urea groups is 1. The molecule has 11 heteroatoms.